The molecule has 0 bridgehead atoms. The molecule has 0 unspecified atom stereocenters. The van der Waals surface area contributed by atoms with Crippen molar-refractivity contribution in [1.82, 2.24) is 4.98 Å². The van der Waals surface area contributed by atoms with Gasteiger partial charge in [-0.05, 0) is 40.4 Å². The van der Waals surface area contributed by atoms with Crippen molar-refractivity contribution in [2.45, 2.75) is 19.4 Å². The molecule has 1 aromatic rings. The standard InChI is InChI=1S/C12H15BrN2O2/c1-8-5-7-17-10(8)12(16)15(2)11-9(13)4-3-6-14-11/h3-4,6,8,10H,5,7H2,1-2H3/t8-,10+/m0/s1. The maximum Gasteiger partial charge on any atom is 0.257 e. The minimum atomic E-state index is -0.339. The Balaban J connectivity index is 2.17. The minimum Gasteiger partial charge on any atom is -0.368 e. The van der Waals surface area contributed by atoms with Crippen molar-refractivity contribution < 1.29 is 9.53 Å². The van der Waals surface area contributed by atoms with E-state index in [9.17, 15) is 4.79 Å². The molecule has 1 fully saturated rings. The zero-order valence-corrected chi connectivity index (χ0v) is 11.5. The normalized spacial score (nSPS) is 23.7. The Bertz CT molecular complexity index is 425. The van der Waals surface area contributed by atoms with Crippen molar-refractivity contribution in [3.05, 3.63) is 22.8 Å². The Morgan fingerprint density at radius 1 is 1.65 bits per heavy atom. The van der Waals surface area contributed by atoms with Gasteiger partial charge in [0.1, 0.15) is 11.9 Å². The third kappa shape index (κ3) is 2.50. The molecule has 0 N–H and O–H groups in total. The summed E-state index contributed by atoms with van der Waals surface area (Å²) in [5.41, 5.74) is 0. The zero-order chi connectivity index (χ0) is 12.4. The number of halogens is 1. The number of anilines is 1. The molecule has 2 heterocycles. The van der Waals surface area contributed by atoms with Crippen molar-refractivity contribution in [2.75, 3.05) is 18.6 Å². The zero-order valence-electron chi connectivity index (χ0n) is 9.89. The van der Waals surface area contributed by atoms with Gasteiger partial charge in [0.25, 0.3) is 5.91 Å². The van der Waals surface area contributed by atoms with Gasteiger partial charge in [0.2, 0.25) is 0 Å². The first-order chi connectivity index (χ1) is 8.11. The molecule has 92 valence electrons. The van der Waals surface area contributed by atoms with Crippen LogP contribution in [0.25, 0.3) is 0 Å². The molecule has 5 heteroatoms. The largest absolute Gasteiger partial charge is 0.368 e. The van der Waals surface area contributed by atoms with Crippen molar-refractivity contribution in [3.8, 4) is 0 Å². The van der Waals surface area contributed by atoms with E-state index in [1.807, 2.05) is 19.1 Å². The third-order valence-corrected chi connectivity index (χ3v) is 3.64. The van der Waals surface area contributed by atoms with Gasteiger partial charge in [-0.1, -0.05) is 6.92 Å². The molecule has 0 saturated carbocycles. The summed E-state index contributed by atoms with van der Waals surface area (Å²) in [5, 5.41) is 0. The van der Waals surface area contributed by atoms with Crippen LogP contribution in [0.1, 0.15) is 13.3 Å². The first-order valence-electron chi connectivity index (χ1n) is 5.61. The fourth-order valence-corrected chi connectivity index (χ4v) is 2.45. The number of carbonyl (C=O) groups is 1. The van der Waals surface area contributed by atoms with Gasteiger partial charge < -0.3 is 4.74 Å². The monoisotopic (exact) mass is 298 g/mol. The van der Waals surface area contributed by atoms with Gasteiger partial charge in [-0.15, -0.1) is 0 Å². The number of hydrogen-bond donors (Lipinski definition) is 0. The van der Waals surface area contributed by atoms with Gasteiger partial charge in [0.05, 0.1) is 4.47 Å². The Labute approximate surface area is 109 Å². The van der Waals surface area contributed by atoms with E-state index in [0.717, 1.165) is 10.9 Å². The van der Waals surface area contributed by atoms with Gasteiger partial charge >= 0.3 is 0 Å². The molecule has 1 amide bonds. The first kappa shape index (κ1) is 12.5. The van der Waals surface area contributed by atoms with Crippen molar-refractivity contribution in [2.24, 2.45) is 5.92 Å². The molecular formula is C12H15BrN2O2. The fourth-order valence-electron chi connectivity index (χ4n) is 1.93. The lowest BCUT2D eigenvalue weighted by molar-refractivity contribution is -0.128. The number of likely N-dealkylation sites (N-methyl/N-ethyl adjacent to an activating group) is 1. The summed E-state index contributed by atoms with van der Waals surface area (Å²) in [6, 6.07) is 3.69. The van der Waals surface area contributed by atoms with Crippen LogP contribution in [0.3, 0.4) is 0 Å². The van der Waals surface area contributed by atoms with Gasteiger partial charge in [-0.25, -0.2) is 4.98 Å². The average molecular weight is 299 g/mol. The lowest BCUT2D eigenvalue weighted by atomic mass is 10.0. The molecule has 4 nitrogen and oxygen atoms in total. The molecule has 2 rings (SSSR count). The second-order valence-corrected chi connectivity index (χ2v) is 5.12. The van der Waals surface area contributed by atoms with Crippen LogP contribution in [0.2, 0.25) is 0 Å². The van der Waals surface area contributed by atoms with Crippen LogP contribution in [0.15, 0.2) is 22.8 Å². The van der Waals surface area contributed by atoms with Crippen LogP contribution in [0.4, 0.5) is 5.82 Å². The molecule has 1 saturated heterocycles. The van der Waals surface area contributed by atoms with Crippen LogP contribution in [0, 0.1) is 5.92 Å². The summed E-state index contributed by atoms with van der Waals surface area (Å²) < 4.78 is 6.28. The highest BCUT2D eigenvalue weighted by atomic mass is 79.9. The number of ether oxygens (including phenoxy) is 1. The highest BCUT2D eigenvalue weighted by Crippen LogP contribution is 2.26. The van der Waals surface area contributed by atoms with E-state index in [1.54, 1.807) is 18.1 Å². The summed E-state index contributed by atoms with van der Waals surface area (Å²) in [5.74, 6) is 0.863. The Morgan fingerprint density at radius 3 is 3.00 bits per heavy atom. The highest BCUT2D eigenvalue weighted by molar-refractivity contribution is 9.10. The molecule has 0 spiro atoms. The number of pyridine rings is 1. The summed E-state index contributed by atoms with van der Waals surface area (Å²) in [6.07, 6.45) is 2.27. The molecule has 1 aliphatic heterocycles. The van der Waals surface area contributed by atoms with Gasteiger partial charge in [0.15, 0.2) is 0 Å². The minimum absolute atomic E-state index is 0.0330. The molecule has 0 aromatic carbocycles. The summed E-state index contributed by atoms with van der Waals surface area (Å²) in [6.45, 7) is 2.70. The third-order valence-electron chi connectivity index (χ3n) is 3.02. The van der Waals surface area contributed by atoms with Crippen LogP contribution in [-0.2, 0) is 9.53 Å². The lowest BCUT2D eigenvalue weighted by Crippen LogP contribution is -2.39. The molecule has 1 aromatic heterocycles. The number of hydrogen-bond acceptors (Lipinski definition) is 3. The predicted octanol–water partition coefficient (Wildman–Crippen LogP) is 2.23. The van der Waals surface area contributed by atoms with E-state index in [1.165, 1.54) is 0 Å². The highest BCUT2D eigenvalue weighted by Gasteiger charge is 2.34. The summed E-state index contributed by atoms with van der Waals surface area (Å²) in [4.78, 5) is 18.0. The first-order valence-corrected chi connectivity index (χ1v) is 6.40. The molecule has 0 radical (unpaired) electrons. The topological polar surface area (TPSA) is 42.4 Å². The van der Waals surface area contributed by atoms with Crippen molar-refractivity contribution >= 4 is 27.7 Å². The van der Waals surface area contributed by atoms with E-state index >= 15 is 0 Å². The van der Waals surface area contributed by atoms with Crippen LogP contribution in [-0.4, -0.2) is 30.6 Å². The Morgan fingerprint density at radius 2 is 2.41 bits per heavy atom. The maximum absolute atomic E-state index is 12.2. The number of nitrogens with zero attached hydrogens (tertiary/aromatic N) is 2. The second kappa shape index (κ2) is 5.14. The van der Waals surface area contributed by atoms with E-state index < -0.39 is 0 Å². The maximum atomic E-state index is 12.2. The number of amides is 1. The fraction of sp³-hybridized carbons (Fsp3) is 0.500. The van der Waals surface area contributed by atoms with Gasteiger partial charge in [-0.2, -0.15) is 0 Å². The van der Waals surface area contributed by atoms with E-state index in [2.05, 4.69) is 20.9 Å². The number of carbonyl (C=O) groups excluding carboxylic acids is 1. The van der Waals surface area contributed by atoms with Crippen LogP contribution >= 0.6 is 15.9 Å². The van der Waals surface area contributed by atoms with Crippen molar-refractivity contribution in [3.63, 3.8) is 0 Å². The molecular weight excluding hydrogens is 284 g/mol. The molecule has 2 atom stereocenters. The van der Waals surface area contributed by atoms with E-state index in [-0.39, 0.29) is 17.9 Å². The molecule has 17 heavy (non-hydrogen) atoms. The second-order valence-electron chi connectivity index (χ2n) is 4.26. The molecule has 0 aliphatic carbocycles. The lowest BCUT2D eigenvalue weighted by Gasteiger charge is -2.22. The number of aromatic nitrogens is 1. The Hall–Kier alpha value is -0.940. The van der Waals surface area contributed by atoms with Crippen LogP contribution in [0.5, 0.6) is 0 Å². The smallest absolute Gasteiger partial charge is 0.257 e. The summed E-state index contributed by atoms with van der Waals surface area (Å²) in [7, 11) is 1.73. The number of rotatable bonds is 2. The van der Waals surface area contributed by atoms with E-state index in [0.29, 0.717) is 12.4 Å². The molecule has 1 aliphatic rings. The van der Waals surface area contributed by atoms with Gasteiger partial charge in [-0.3, -0.25) is 9.69 Å². The quantitative estimate of drug-likeness (QED) is 0.841. The SMILES string of the molecule is C[C@H]1CCO[C@H]1C(=O)N(C)c1ncccc1Br. The Kier molecular flexibility index (Phi) is 3.79. The van der Waals surface area contributed by atoms with Crippen molar-refractivity contribution in [1.29, 1.82) is 0 Å². The van der Waals surface area contributed by atoms with Crippen LogP contribution < -0.4 is 4.90 Å². The van der Waals surface area contributed by atoms with E-state index in [4.69, 9.17) is 4.74 Å². The predicted molar refractivity (Wildman–Crippen MR) is 68.9 cm³/mol. The van der Waals surface area contributed by atoms with Gasteiger partial charge in [0, 0.05) is 19.9 Å². The average Bonchev–Trinajstić information content (AvgIpc) is 2.74. The summed E-state index contributed by atoms with van der Waals surface area (Å²) >= 11 is 3.39.